The van der Waals surface area contributed by atoms with Crippen LogP contribution in [0.15, 0.2) is 36.7 Å². The van der Waals surface area contributed by atoms with E-state index >= 15 is 0 Å². The van der Waals surface area contributed by atoms with Gasteiger partial charge in [-0.3, -0.25) is 14.6 Å². The molecule has 36 heavy (non-hydrogen) atoms. The summed E-state index contributed by atoms with van der Waals surface area (Å²) in [7, 11) is 1.63. The summed E-state index contributed by atoms with van der Waals surface area (Å²) < 4.78 is 11.9. The molecular weight excluding hydrogens is 458 g/mol. The van der Waals surface area contributed by atoms with Crippen molar-refractivity contribution in [3.63, 3.8) is 0 Å². The van der Waals surface area contributed by atoms with E-state index in [1.807, 2.05) is 36.1 Å². The number of anilines is 2. The Labute approximate surface area is 210 Å². The molecule has 0 bridgehead atoms. The van der Waals surface area contributed by atoms with Gasteiger partial charge in [-0.15, -0.1) is 0 Å². The number of aromatic nitrogens is 2. The number of para-hydroxylation sites is 1. The number of H-pyrrole nitrogens is 1. The van der Waals surface area contributed by atoms with E-state index in [2.05, 4.69) is 20.6 Å². The number of ether oxygens (including phenoxy) is 2. The van der Waals surface area contributed by atoms with Gasteiger partial charge in [-0.2, -0.15) is 0 Å². The van der Waals surface area contributed by atoms with Gasteiger partial charge < -0.3 is 30.0 Å². The van der Waals surface area contributed by atoms with Crippen LogP contribution in [0.3, 0.4) is 0 Å². The highest BCUT2D eigenvalue weighted by atomic mass is 16.5. The number of hydrogen-bond acceptors (Lipinski definition) is 6. The van der Waals surface area contributed by atoms with E-state index in [1.54, 1.807) is 26.4 Å². The van der Waals surface area contributed by atoms with Crippen LogP contribution in [0, 0.1) is 6.92 Å². The molecule has 188 valence electrons. The fraction of sp³-hybridized carbons (Fsp3) is 0.370. The molecule has 1 atom stereocenters. The van der Waals surface area contributed by atoms with Gasteiger partial charge in [0.25, 0.3) is 5.91 Å². The average molecular weight is 490 g/mol. The second kappa shape index (κ2) is 9.93. The molecule has 0 saturated carbocycles. The second-order valence-corrected chi connectivity index (χ2v) is 9.21. The highest BCUT2D eigenvalue weighted by molar-refractivity contribution is 6.06. The van der Waals surface area contributed by atoms with Gasteiger partial charge in [-0.05, 0) is 37.5 Å². The molecule has 2 aromatic heterocycles. The number of methoxy groups -OCH3 is 1. The lowest BCUT2D eigenvalue weighted by Crippen LogP contribution is -2.37. The van der Waals surface area contributed by atoms with E-state index in [-0.39, 0.29) is 17.9 Å². The predicted molar refractivity (Wildman–Crippen MR) is 137 cm³/mol. The first-order valence-electron chi connectivity index (χ1n) is 12.3. The molecular formula is C27H31N5O4. The van der Waals surface area contributed by atoms with Crippen LogP contribution < -0.4 is 20.1 Å². The predicted octanol–water partition coefficient (Wildman–Crippen LogP) is 3.81. The molecule has 2 aliphatic heterocycles. The average Bonchev–Trinajstić information content (AvgIpc) is 3.49. The Balaban J connectivity index is 1.54. The fourth-order valence-electron chi connectivity index (χ4n) is 5.17. The third-order valence-electron chi connectivity index (χ3n) is 6.91. The van der Waals surface area contributed by atoms with E-state index in [0.29, 0.717) is 42.3 Å². The van der Waals surface area contributed by atoms with Gasteiger partial charge >= 0.3 is 0 Å². The Morgan fingerprint density at radius 3 is 2.97 bits per heavy atom. The summed E-state index contributed by atoms with van der Waals surface area (Å²) in [6.45, 7) is 5.29. The number of nitrogens with one attached hydrogen (secondary N) is 3. The summed E-state index contributed by atoms with van der Waals surface area (Å²) in [5.41, 5.74) is 5.39. The number of aromatic amines is 1. The van der Waals surface area contributed by atoms with Crippen LogP contribution in [0.25, 0.3) is 11.3 Å². The number of carbonyl (C=O) groups is 2. The smallest absolute Gasteiger partial charge is 0.255 e. The molecule has 2 aliphatic rings. The molecule has 0 aliphatic carbocycles. The van der Waals surface area contributed by atoms with Crippen LogP contribution in [0.5, 0.6) is 11.5 Å². The lowest BCUT2D eigenvalue weighted by Gasteiger charge is -2.24. The molecule has 1 aromatic carbocycles. The van der Waals surface area contributed by atoms with Crippen LogP contribution in [-0.2, 0) is 11.2 Å². The molecule has 9 heteroatoms. The minimum atomic E-state index is -0.132. The number of amides is 2. The zero-order chi connectivity index (χ0) is 25.2. The Morgan fingerprint density at radius 1 is 1.31 bits per heavy atom. The summed E-state index contributed by atoms with van der Waals surface area (Å²) in [6, 6.07) is 7.76. The first-order chi connectivity index (χ1) is 17.5. The number of benzene rings is 1. The molecule has 0 unspecified atom stereocenters. The second-order valence-electron chi connectivity index (χ2n) is 9.21. The number of hydrogen-bond donors (Lipinski definition) is 3. The van der Waals surface area contributed by atoms with Crippen molar-refractivity contribution in [1.82, 2.24) is 20.2 Å². The molecule has 4 heterocycles. The van der Waals surface area contributed by atoms with Gasteiger partial charge in [0.2, 0.25) is 5.91 Å². The topological polar surface area (TPSA) is 109 Å². The van der Waals surface area contributed by atoms with E-state index in [4.69, 9.17) is 9.47 Å². The quantitative estimate of drug-likeness (QED) is 0.466. The van der Waals surface area contributed by atoms with Crippen molar-refractivity contribution < 1.29 is 19.1 Å². The maximum atomic E-state index is 13.0. The van der Waals surface area contributed by atoms with E-state index in [0.717, 1.165) is 47.6 Å². The lowest BCUT2D eigenvalue weighted by molar-refractivity contribution is -0.130. The monoisotopic (exact) mass is 489 g/mol. The molecule has 2 amide bonds. The van der Waals surface area contributed by atoms with Gasteiger partial charge in [0.1, 0.15) is 18.1 Å². The molecule has 0 radical (unpaired) electrons. The van der Waals surface area contributed by atoms with Crippen molar-refractivity contribution in [2.24, 2.45) is 0 Å². The lowest BCUT2D eigenvalue weighted by atomic mass is 10.0. The number of likely N-dealkylation sites (tertiary alicyclic amines) is 1. The summed E-state index contributed by atoms with van der Waals surface area (Å²) in [4.78, 5) is 34.6. The first kappa shape index (κ1) is 23.7. The SMILES string of the molecule is COc1c(C)cccc1Nc1c(-c2ccncc2OC[C@@H]2CCCN2C(C)=O)[nH]c2c1C(=O)NCC2. The normalized spacial score (nSPS) is 16.9. The Bertz CT molecular complexity index is 1300. The standard InChI is InChI=1S/C27H31N5O4/c1-16-6-4-8-21(26(16)35-3)31-25-23-20(10-12-29-27(23)34)30-24(25)19-9-11-28-14-22(19)36-15-18-7-5-13-32(18)17(2)33/h4,6,8-9,11,14,18,30-31H,5,7,10,12-13,15H2,1-3H3,(H,29,34)/t18-/m0/s1. The number of aryl methyl sites for hydroxylation is 1. The maximum absolute atomic E-state index is 13.0. The van der Waals surface area contributed by atoms with Crippen molar-refractivity contribution in [3.8, 4) is 22.8 Å². The van der Waals surface area contributed by atoms with Gasteiger partial charge in [-0.25, -0.2) is 0 Å². The zero-order valence-electron chi connectivity index (χ0n) is 20.8. The number of nitrogens with zero attached hydrogens (tertiary/aromatic N) is 2. The molecule has 0 spiro atoms. The highest BCUT2D eigenvalue weighted by Crippen LogP contribution is 2.42. The largest absolute Gasteiger partial charge is 0.494 e. The molecule has 3 aromatic rings. The Hall–Kier alpha value is -4.01. The minimum absolute atomic E-state index is 0.0346. The van der Waals surface area contributed by atoms with Crippen LogP contribution in [-0.4, -0.2) is 59.5 Å². The van der Waals surface area contributed by atoms with Crippen LogP contribution in [0.1, 0.15) is 41.4 Å². The maximum Gasteiger partial charge on any atom is 0.255 e. The molecule has 1 fully saturated rings. The molecule has 5 rings (SSSR count). The third kappa shape index (κ3) is 4.36. The van der Waals surface area contributed by atoms with Crippen LogP contribution in [0.2, 0.25) is 0 Å². The van der Waals surface area contributed by atoms with Crippen molar-refractivity contribution >= 4 is 23.2 Å². The molecule has 1 saturated heterocycles. The molecule has 3 N–H and O–H groups in total. The van der Waals surface area contributed by atoms with E-state index in [9.17, 15) is 9.59 Å². The van der Waals surface area contributed by atoms with Gasteiger partial charge in [0, 0.05) is 43.9 Å². The third-order valence-corrected chi connectivity index (χ3v) is 6.91. The van der Waals surface area contributed by atoms with Gasteiger partial charge in [0.15, 0.2) is 0 Å². The van der Waals surface area contributed by atoms with E-state index < -0.39 is 0 Å². The molecule has 9 nitrogen and oxygen atoms in total. The Morgan fingerprint density at radius 2 is 2.17 bits per heavy atom. The van der Waals surface area contributed by atoms with Gasteiger partial charge in [-0.1, -0.05) is 12.1 Å². The zero-order valence-corrected chi connectivity index (χ0v) is 20.8. The number of fused-ring (bicyclic) bond motifs is 1. The van der Waals surface area contributed by atoms with Crippen LogP contribution >= 0.6 is 0 Å². The summed E-state index contributed by atoms with van der Waals surface area (Å²) >= 11 is 0. The Kier molecular flexibility index (Phi) is 6.54. The van der Waals surface area contributed by atoms with Crippen molar-refractivity contribution in [2.75, 3.05) is 32.1 Å². The number of pyridine rings is 1. The summed E-state index contributed by atoms with van der Waals surface area (Å²) in [5, 5.41) is 6.42. The van der Waals surface area contributed by atoms with Crippen molar-refractivity contribution in [2.45, 2.75) is 39.2 Å². The fourth-order valence-corrected chi connectivity index (χ4v) is 5.17. The van der Waals surface area contributed by atoms with Crippen molar-refractivity contribution in [3.05, 3.63) is 53.5 Å². The van der Waals surface area contributed by atoms with Crippen molar-refractivity contribution in [1.29, 1.82) is 0 Å². The summed E-state index contributed by atoms with van der Waals surface area (Å²) in [6.07, 6.45) is 5.96. The highest BCUT2D eigenvalue weighted by Gasteiger charge is 2.30. The van der Waals surface area contributed by atoms with E-state index in [1.165, 1.54) is 0 Å². The number of carbonyl (C=O) groups excluding carboxylic acids is 2. The van der Waals surface area contributed by atoms with Crippen LogP contribution in [0.4, 0.5) is 11.4 Å². The number of rotatable bonds is 7. The first-order valence-corrected chi connectivity index (χ1v) is 12.3. The summed E-state index contributed by atoms with van der Waals surface area (Å²) in [5.74, 6) is 1.24. The van der Waals surface area contributed by atoms with Gasteiger partial charge in [0.05, 0.1) is 42.0 Å². The minimum Gasteiger partial charge on any atom is -0.494 e.